The molecule has 1 aromatic rings. The van der Waals surface area contributed by atoms with Crippen molar-refractivity contribution in [1.82, 2.24) is 15.5 Å². The fourth-order valence-electron chi connectivity index (χ4n) is 2.90. The molecule has 0 aliphatic heterocycles. The largest absolute Gasteiger partial charge is 0.353 e. The number of nitrogens with zero attached hydrogens (tertiary/aromatic N) is 1. The van der Waals surface area contributed by atoms with Crippen molar-refractivity contribution >= 4 is 5.91 Å². The maximum atomic E-state index is 12.0. The van der Waals surface area contributed by atoms with Crippen LogP contribution in [-0.2, 0) is 11.2 Å². The highest BCUT2D eigenvalue weighted by molar-refractivity contribution is 5.76. The summed E-state index contributed by atoms with van der Waals surface area (Å²) in [7, 11) is 0. The van der Waals surface area contributed by atoms with E-state index in [2.05, 4.69) is 15.5 Å². The lowest BCUT2D eigenvalue weighted by Crippen LogP contribution is -2.34. The van der Waals surface area contributed by atoms with Gasteiger partial charge < -0.3 is 5.32 Å². The number of hydrogen-bond acceptors (Lipinski definition) is 2. The molecule has 0 saturated heterocycles. The molecule has 0 aromatic carbocycles. The Balaban J connectivity index is 1.78. The van der Waals surface area contributed by atoms with Crippen LogP contribution in [0.15, 0.2) is 0 Å². The van der Waals surface area contributed by atoms with Gasteiger partial charge in [-0.05, 0) is 38.7 Å². The molecule has 0 radical (unpaired) electrons. The van der Waals surface area contributed by atoms with Crippen LogP contribution in [0.3, 0.4) is 0 Å². The molecule has 19 heavy (non-hydrogen) atoms. The van der Waals surface area contributed by atoms with Crippen molar-refractivity contribution in [2.24, 2.45) is 0 Å². The molecule has 1 aliphatic carbocycles. The summed E-state index contributed by atoms with van der Waals surface area (Å²) in [6.45, 7) is 4.00. The van der Waals surface area contributed by atoms with Crippen LogP contribution in [-0.4, -0.2) is 22.1 Å². The van der Waals surface area contributed by atoms with Crippen molar-refractivity contribution in [2.75, 3.05) is 0 Å². The van der Waals surface area contributed by atoms with E-state index in [1.165, 1.54) is 31.2 Å². The topological polar surface area (TPSA) is 57.8 Å². The Kier molecular flexibility index (Phi) is 5.00. The minimum atomic E-state index is 0.187. The summed E-state index contributed by atoms with van der Waals surface area (Å²) < 4.78 is 0. The van der Waals surface area contributed by atoms with E-state index in [1.807, 2.05) is 13.8 Å². The first kappa shape index (κ1) is 14.1. The number of hydrogen-bond donors (Lipinski definition) is 2. The molecule has 1 amide bonds. The third kappa shape index (κ3) is 4.08. The number of aryl methyl sites for hydroxylation is 2. The number of rotatable bonds is 4. The quantitative estimate of drug-likeness (QED) is 0.821. The number of nitrogens with one attached hydrogen (secondary N) is 2. The predicted molar refractivity (Wildman–Crippen MR) is 76.0 cm³/mol. The van der Waals surface area contributed by atoms with Crippen LogP contribution in [0.5, 0.6) is 0 Å². The predicted octanol–water partition coefficient (Wildman–Crippen LogP) is 2.80. The van der Waals surface area contributed by atoms with Crippen LogP contribution < -0.4 is 5.32 Å². The Morgan fingerprint density at radius 1 is 1.26 bits per heavy atom. The highest BCUT2D eigenvalue weighted by Gasteiger charge is 2.15. The molecule has 106 valence electrons. The zero-order chi connectivity index (χ0) is 13.7. The van der Waals surface area contributed by atoms with Gasteiger partial charge in [-0.1, -0.05) is 25.7 Å². The summed E-state index contributed by atoms with van der Waals surface area (Å²) in [6.07, 6.45) is 8.80. The van der Waals surface area contributed by atoms with Gasteiger partial charge in [-0.2, -0.15) is 5.10 Å². The molecular formula is C15H25N3O. The van der Waals surface area contributed by atoms with Crippen LogP contribution in [0.2, 0.25) is 0 Å². The van der Waals surface area contributed by atoms with Crippen molar-refractivity contribution in [3.05, 3.63) is 17.0 Å². The standard InChI is InChI=1S/C15H25N3O/c1-11-14(12(2)18-17-11)9-10-15(19)16-13-7-5-3-4-6-8-13/h13H,3-10H2,1-2H3,(H,16,19)(H,17,18). The number of carbonyl (C=O) groups is 1. The fraction of sp³-hybridized carbons (Fsp3) is 0.733. The first-order valence-corrected chi connectivity index (χ1v) is 7.46. The van der Waals surface area contributed by atoms with Gasteiger partial charge in [0.25, 0.3) is 0 Å². The molecule has 0 unspecified atom stereocenters. The maximum Gasteiger partial charge on any atom is 0.220 e. The smallest absolute Gasteiger partial charge is 0.220 e. The number of aromatic nitrogens is 2. The molecule has 0 spiro atoms. The average molecular weight is 263 g/mol. The minimum Gasteiger partial charge on any atom is -0.353 e. The first-order chi connectivity index (χ1) is 9.16. The van der Waals surface area contributed by atoms with Gasteiger partial charge in [-0.25, -0.2) is 0 Å². The molecule has 1 aromatic heterocycles. The van der Waals surface area contributed by atoms with Crippen LogP contribution in [0.1, 0.15) is 61.9 Å². The van der Waals surface area contributed by atoms with Gasteiger partial charge in [-0.3, -0.25) is 9.89 Å². The zero-order valence-corrected chi connectivity index (χ0v) is 12.1. The van der Waals surface area contributed by atoms with E-state index in [-0.39, 0.29) is 5.91 Å². The Hall–Kier alpha value is -1.32. The Morgan fingerprint density at radius 2 is 1.95 bits per heavy atom. The van der Waals surface area contributed by atoms with Gasteiger partial charge in [-0.15, -0.1) is 0 Å². The molecule has 1 heterocycles. The monoisotopic (exact) mass is 263 g/mol. The fourth-order valence-corrected chi connectivity index (χ4v) is 2.90. The maximum absolute atomic E-state index is 12.0. The van der Waals surface area contributed by atoms with Gasteiger partial charge in [0, 0.05) is 18.2 Å². The molecule has 4 nitrogen and oxygen atoms in total. The van der Waals surface area contributed by atoms with Crippen molar-refractivity contribution in [2.45, 2.75) is 71.3 Å². The molecule has 1 fully saturated rings. The summed E-state index contributed by atoms with van der Waals surface area (Å²) in [5.74, 6) is 0.187. The van der Waals surface area contributed by atoms with E-state index in [9.17, 15) is 4.79 Å². The second-order valence-electron chi connectivity index (χ2n) is 5.67. The van der Waals surface area contributed by atoms with Crippen molar-refractivity contribution in [1.29, 1.82) is 0 Å². The second-order valence-corrected chi connectivity index (χ2v) is 5.67. The first-order valence-electron chi connectivity index (χ1n) is 7.46. The molecule has 1 aliphatic rings. The molecule has 0 bridgehead atoms. The summed E-state index contributed by atoms with van der Waals surface area (Å²) in [4.78, 5) is 12.0. The van der Waals surface area contributed by atoms with E-state index in [1.54, 1.807) is 0 Å². The van der Waals surface area contributed by atoms with Gasteiger partial charge >= 0.3 is 0 Å². The third-order valence-corrected chi connectivity index (χ3v) is 4.10. The SMILES string of the molecule is Cc1n[nH]c(C)c1CCC(=O)NC1CCCCCC1. The molecule has 4 heteroatoms. The molecular weight excluding hydrogens is 238 g/mol. The van der Waals surface area contributed by atoms with Crippen LogP contribution in [0.4, 0.5) is 0 Å². The summed E-state index contributed by atoms with van der Waals surface area (Å²) in [5, 5.41) is 10.3. The van der Waals surface area contributed by atoms with Crippen LogP contribution in [0.25, 0.3) is 0 Å². The second kappa shape index (κ2) is 6.73. The van der Waals surface area contributed by atoms with Gasteiger partial charge in [0.1, 0.15) is 0 Å². The molecule has 2 rings (SSSR count). The third-order valence-electron chi connectivity index (χ3n) is 4.10. The van der Waals surface area contributed by atoms with Crippen molar-refractivity contribution in [3.63, 3.8) is 0 Å². The van der Waals surface area contributed by atoms with E-state index >= 15 is 0 Å². The number of H-pyrrole nitrogens is 1. The number of amides is 1. The lowest BCUT2D eigenvalue weighted by molar-refractivity contribution is -0.121. The van der Waals surface area contributed by atoms with Gasteiger partial charge in [0.15, 0.2) is 0 Å². The number of aromatic amines is 1. The Morgan fingerprint density at radius 3 is 2.53 bits per heavy atom. The highest BCUT2D eigenvalue weighted by atomic mass is 16.1. The molecule has 2 N–H and O–H groups in total. The summed E-state index contributed by atoms with van der Waals surface area (Å²) in [5.41, 5.74) is 3.29. The zero-order valence-electron chi connectivity index (χ0n) is 12.1. The van der Waals surface area contributed by atoms with E-state index in [0.29, 0.717) is 12.5 Å². The highest BCUT2D eigenvalue weighted by Crippen LogP contribution is 2.17. The minimum absolute atomic E-state index is 0.187. The van der Waals surface area contributed by atoms with E-state index in [4.69, 9.17) is 0 Å². The molecule has 1 saturated carbocycles. The van der Waals surface area contributed by atoms with Crippen molar-refractivity contribution in [3.8, 4) is 0 Å². The van der Waals surface area contributed by atoms with Crippen LogP contribution >= 0.6 is 0 Å². The summed E-state index contributed by atoms with van der Waals surface area (Å²) in [6, 6.07) is 0.404. The summed E-state index contributed by atoms with van der Waals surface area (Å²) >= 11 is 0. The van der Waals surface area contributed by atoms with Gasteiger partial charge in [0.2, 0.25) is 5.91 Å². The van der Waals surface area contributed by atoms with Crippen LogP contribution in [0, 0.1) is 13.8 Å². The van der Waals surface area contributed by atoms with E-state index < -0.39 is 0 Å². The van der Waals surface area contributed by atoms with E-state index in [0.717, 1.165) is 30.7 Å². The normalized spacial score (nSPS) is 17.2. The molecule has 0 atom stereocenters. The Labute approximate surface area is 115 Å². The Bertz CT molecular complexity index is 398. The average Bonchev–Trinajstić information content (AvgIpc) is 2.59. The lowest BCUT2D eigenvalue weighted by Gasteiger charge is -2.16. The van der Waals surface area contributed by atoms with Crippen molar-refractivity contribution < 1.29 is 4.79 Å². The van der Waals surface area contributed by atoms with Gasteiger partial charge in [0.05, 0.1) is 5.69 Å². The number of carbonyl (C=O) groups excluding carboxylic acids is 1. The lowest BCUT2D eigenvalue weighted by atomic mass is 10.1.